The first-order valence-corrected chi connectivity index (χ1v) is 31.8. The van der Waals surface area contributed by atoms with E-state index in [2.05, 4.69) is 59.5 Å². The van der Waals surface area contributed by atoms with Gasteiger partial charge in [-0.05, 0) is 135 Å². The van der Waals surface area contributed by atoms with Crippen molar-refractivity contribution in [1.82, 2.24) is 78.4 Å². The summed E-state index contributed by atoms with van der Waals surface area (Å²) >= 11 is 37.4. The zero-order chi connectivity index (χ0) is 71.8. The molecule has 512 valence electrons. The number of nitrogens with zero attached hydrogens (tertiary/aromatic N) is 17. The Balaban J connectivity index is 0.000000360. The second kappa shape index (κ2) is 35.9. The average molecular weight is 1460 g/mol. The highest BCUT2D eigenvalue weighted by molar-refractivity contribution is 7.98. The SMILES string of the molecule is CSc1c(C)c(Cl)nn1C.Cc1c(C(F)(F)F)nn(-c2ccccc2)c1Cl.Cc1c(Cl)nn(C)c1C(F)(F)F.Cc1nc(C)c(C)o1.Cc1nc(Cl)sc1C.Cc1nn(C)c(C)c1C.Cc1nn(C)c(C)c1Cl.Cc1nn(C)c(C)c1[N+](=O)[O-].Cc1nn(C)c(Cl)c1C. The summed E-state index contributed by atoms with van der Waals surface area (Å²) in [5, 5.41) is 40.8. The predicted molar refractivity (Wildman–Crippen MR) is 360 cm³/mol. The largest absolute Gasteiger partial charge is 0.446 e. The van der Waals surface area contributed by atoms with Crippen LogP contribution < -0.4 is 0 Å². The Morgan fingerprint density at radius 3 is 1.19 bits per heavy atom. The minimum absolute atomic E-state index is 0.0245. The molecule has 0 radical (unpaired) electrons. The number of thioether (sulfide) groups is 1. The Bertz CT molecular complexity index is 3810. The Kier molecular flexibility index (Phi) is 31.9. The van der Waals surface area contributed by atoms with Gasteiger partial charge < -0.3 is 4.42 Å². The number of alkyl halides is 6. The fourth-order valence-corrected chi connectivity index (χ4v) is 10.6. The molecule has 9 heterocycles. The Hall–Kier alpha value is -6.40. The normalized spacial score (nSPS) is 10.7. The number of para-hydroxylation sites is 1. The standard InChI is InChI=1S/C11H8ClF3N2.C7H12N2.C6H6ClF3N2.C6H9ClN2S.2C6H9ClN2.C6H9N3O2.C6H9NO.C5H6ClNS/c1-7-9(11(13,14)15)16-17(10(7)12)8-5-3-2-4-6-8;1-5-6(2)8-9(4)7(5)3;1-3-4(6(8,9)10)12(2)11-5(3)7;1-4-5(7)8-9(2)6(4)10-3;1-4-6(7)5(2)9(3)8-4;1-4-5(2)8-9(3)6(4)7;1-4-6(9(10)11)5(2)8(3)7-4;1-4-5(2)8-6(3)7-4;1-3-4(2)8-5(6)7-3/h2-6H,1H3;1-4H3;1-2H3;1-3H3;2*1-3H3;1-3H3;1-3H3;1-2H3. The van der Waals surface area contributed by atoms with Crippen molar-refractivity contribution in [3.63, 3.8) is 0 Å². The van der Waals surface area contributed by atoms with Crippen LogP contribution >= 0.6 is 92.7 Å². The van der Waals surface area contributed by atoms with E-state index < -0.39 is 28.7 Å². The van der Waals surface area contributed by atoms with E-state index in [1.807, 2.05) is 115 Å². The molecule has 0 saturated carbocycles. The van der Waals surface area contributed by atoms with Gasteiger partial charge in [0.2, 0.25) is 0 Å². The zero-order valence-corrected chi connectivity index (χ0v) is 62.2. The minimum Gasteiger partial charge on any atom is -0.446 e. The number of benzene rings is 1. The highest BCUT2D eigenvalue weighted by Crippen LogP contribution is 2.36. The predicted octanol–water partition coefficient (Wildman–Crippen LogP) is 18.0. The summed E-state index contributed by atoms with van der Waals surface area (Å²) in [5.74, 6) is 1.67. The van der Waals surface area contributed by atoms with Crippen molar-refractivity contribution in [1.29, 1.82) is 0 Å². The summed E-state index contributed by atoms with van der Waals surface area (Å²) in [6.07, 6.45) is -6.87. The number of thiazole rings is 1. The van der Waals surface area contributed by atoms with Crippen LogP contribution in [0.15, 0.2) is 39.8 Å². The van der Waals surface area contributed by atoms with Crippen LogP contribution in [0.25, 0.3) is 5.69 Å². The average Bonchev–Trinajstić information content (AvgIpc) is 1.66. The van der Waals surface area contributed by atoms with E-state index in [9.17, 15) is 36.5 Å². The first-order chi connectivity index (χ1) is 42.7. The number of halogens is 12. The molecule has 0 aliphatic carbocycles. The van der Waals surface area contributed by atoms with Gasteiger partial charge in [0.05, 0.1) is 54.8 Å². The van der Waals surface area contributed by atoms with Gasteiger partial charge in [0.15, 0.2) is 26.4 Å². The molecule has 1 aromatic carbocycles. The van der Waals surface area contributed by atoms with Gasteiger partial charge in [-0.2, -0.15) is 62.0 Å². The maximum absolute atomic E-state index is 12.6. The summed E-state index contributed by atoms with van der Waals surface area (Å²) in [5.41, 5.74) is 10.6. The summed E-state index contributed by atoms with van der Waals surface area (Å²) < 4.78 is 90.7. The molecular formula is C59H77Cl6F6N17O3S2. The molecule has 34 heteroatoms. The summed E-state index contributed by atoms with van der Waals surface area (Å²) in [7, 11) is 10.5. The summed E-state index contributed by atoms with van der Waals surface area (Å²) in [6.45, 7) is 31.5. The molecule has 0 fully saturated rings. The topological polar surface area (TPSA) is 207 Å². The number of hydrogen-bond acceptors (Lipinski definition) is 14. The van der Waals surface area contributed by atoms with E-state index in [-0.39, 0.29) is 27.1 Å². The lowest BCUT2D eigenvalue weighted by Crippen LogP contribution is -2.12. The number of nitro groups is 1. The Morgan fingerprint density at radius 2 is 0.989 bits per heavy atom. The van der Waals surface area contributed by atoms with Crippen LogP contribution in [0.3, 0.4) is 0 Å². The van der Waals surface area contributed by atoms with E-state index in [1.165, 1.54) is 53.0 Å². The quantitative estimate of drug-likeness (QED) is 0.0699. The number of aryl methyl sites for hydroxylation is 15. The lowest BCUT2D eigenvalue weighted by molar-refractivity contribution is -0.386. The van der Waals surface area contributed by atoms with Crippen LogP contribution in [0.5, 0.6) is 0 Å². The molecule has 0 N–H and O–H groups in total. The van der Waals surface area contributed by atoms with Crippen molar-refractivity contribution in [2.24, 2.45) is 42.3 Å². The number of aromatic nitrogens is 16. The molecule has 0 aliphatic heterocycles. The zero-order valence-electron chi connectivity index (χ0n) is 56.1. The fourth-order valence-electron chi connectivity index (χ4n) is 7.80. The van der Waals surface area contributed by atoms with Crippen LogP contribution in [0.2, 0.25) is 30.1 Å². The van der Waals surface area contributed by atoms with Crippen molar-refractivity contribution in [3.05, 3.63) is 178 Å². The van der Waals surface area contributed by atoms with Crippen molar-refractivity contribution in [2.75, 3.05) is 6.26 Å². The van der Waals surface area contributed by atoms with Crippen molar-refractivity contribution < 1.29 is 35.7 Å². The highest BCUT2D eigenvalue weighted by atomic mass is 35.5. The van der Waals surface area contributed by atoms with E-state index in [1.54, 1.807) is 77.0 Å². The number of hydrogen-bond donors (Lipinski definition) is 0. The summed E-state index contributed by atoms with van der Waals surface area (Å²) in [4.78, 5) is 19.2. The molecule has 0 bridgehead atoms. The second-order valence-corrected chi connectivity index (χ2v) is 24.9. The lowest BCUT2D eigenvalue weighted by atomic mass is 10.2. The van der Waals surface area contributed by atoms with Gasteiger partial charge in [-0.1, -0.05) is 87.8 Å². The molecular weight excluding hydrogens is 1390 g/mol. The van der Waals surface area contributed by atoms with E-state index in [4.69, 9.17) is 74.0 Å². The van der Waals surface area contributed by atoms with Gasteiger partial charge in [-0.15, -0.1) is 23.1 Å². The first kappa shape index (κ1) is 82.7. The maximum atomic E-state index is 12.6. The third kappa shape index (κ3) is 23.5. The van der Waals surface area contributed by atoms with Crippen LogP contribution in [0.1, 0.15) is 107 Å². The Labute approximate surface area is 575 Å². The number of rotatable bonds is 3. The third-order valence-corrected chi connectivity index (χ3v) is 18.1. The molecule has 20 nitrogen and oxygen atoms in total. The van der Waals surface area contributed by atoms with Gasteiger partial charge in [-0.25, -0.2) is 14.6 Å². The molecule has 93 heavy (non-hydrogen) atoms. The monoisotopic (exact) mass is 1460 g/mol. The maximum Gasteiger partial charge on any atom is 0.435 e. The molecule has 0 unspecified atom stereocenters. The first-order valence-electron chi connectivity index (χ1n) is 27.5. The molecule has 9 aromatic heterocycles. The Morgan fingerprint density at radius 1 is 0.505 bits per heavy atom. The van der Waals surface area contributed by atoms with Gasteiger partial charge in [0, 0.05) is 82.0 Å². The summed E-state index contributed by atoms with van der Waals surface area (Å²) in [6, 6.07) is 8.45. The van der Waals surface area contributed by atoms with Crippen LogP contribution in [-0.2, 0) is 54.6 Å². The highest BCUT2D eigenvalue weighted by Gasteiger charge is 2.38. The van der Waals surface area contributed by atoms with Crippen molar-refractivity contribution in [3.8, 4) is 5.69 Å². The second-order valence-electron chi connectivity index (χ2n) is 20.5. The molecule has 10 rings (SSSR count). The van der Waals surface area contributed by atoms with Crippen LogP contribution in [0, 0.1) is 128 Å². The molecule has 0 saturated heterocycles. The lowest BCUT2D eigenvalue weighted by Gasteiger charge is -2.06. The van der Waals surface area contributed by atoms with Gasteiger partial charge >= 0.3 is 18.0 Å². The molecule has 0 atom stereocenters. The fraction of sp³-hybridized carbons (Fsp3) is 0.441. The molecule has 0 aliphatic rings. The van der Waals surface area contributed by atoms with E-state index >= 15 is 0 Å². The van der Waals surface area contributed by atoms with Crippen LogP contribution in [0.4, 0.5) is 32.0 Å². The van der Waals surface area contributed by atoms with E-state index in [0.717, 1.165) is 81.5 Å². The van der Waals surface area contributed by atoms with Gasteiger partial charge in [-0.3, -0.25) is 38.2 Å². The molecule has 0 spiro atoms. The van der Waals surface area contributed by atoms with Gasteiger partial charge in [0.1, 0.15) is 33.1 Å². The van der Waals surface area contributed by atoms with Crippen molar-refractivity contribution >= 4 is 98.4 Å². The molecule has 0 amide bonds. The van der Waals surface area contributed by atoms with E-state index in [0.29, 0.717) is 26.7 Å². The number of oxazole rings is 1. The molecule has 10 aromatic rings. The van der Waals surface area contributed by atoms with Crippen LogP contribution in [-0.4, -0.2) is 89.6 Å². The van der Waals surface area contributed by atoms with Crippen molar-refractivity contribution in [2.45, 2.75) is 135 Å². The van der Waals surface area contributed by atoms with Gasteiger partial charge in [0.25, 0.3) is 0 Å². The third-order valence-electron chi connectivity index (χ3n) is 13.7. The minimum atomic E-state index is -4.49. The smallest absolute Gasteiger partial charge is 0.435 e.